The molecule has 0 saturated heterocycles. The van der Waals surface area contributed by atoms with Gasteiger partial charge in [0.2, 0.25) is 5.95 Å². The molecule has 220 valence electrons. The van der Waals surface area contributed by atoms with E-state index in [0.717, 1.165) is 46.7 Å². The van der Waals surface area contributed by atoms with Crippen molar-refractivity contribution < 1.29 is 9.53 Å². The maximum atomic E-state index is 10.0. The van der Waals surface area contributed by atoms with E-state index in [2.05, 4.69) is 87.5 Å². The number of rotatable bonds is 11. The van der Waals surface area contributed by atoms with Gasteiger partial charge in [0.1, 0.15) is 6.07 Å². The summed E-state index contributed by atoms with van der Waals surface area (Å²) in [6, 6.07) is 8.29. The Bertz CT molecular complexity index is 1420. The number of hydrogen-bond acceptors (Lipinski definition) is 8. The lowest BCUT2D eigenvalue weighted by Gasteiger charge is -2.39. The van der Waals surface area contributed by atoms with E-state index in [-0.39, 0.29) is 17.1 Å². The minimum absolute atomic E-state index is 0.0239. The standard InChI is InChI=1S/C31H45N7O2Si/c1-21(2)9-10-27-26(18-35-38(27)13-14-39)37-29-33-12-11-25(36-29)22-15-23(17-32)28-24(16-22)31(6,19-34-28)20-40-41(7,8)30(3,4)5/h11-12,15-16,18,21,34,39H,9-10,13-14,19-20H2,1-8H3,(H,33,36,37)/t31-/m1/s1. The molecule has 10 heteroatoms. The van der Waals surface area contributed by atoms with Gasteiger partial charge in [0.15, 0.2) is 8.32 Å². The molecule has 0 unspecified atom stereocenters. The maximum absolute atomic E-state index is 10.0. The number of aromatic nitrogens is 4. The van der Waals surface area contributed by atoms with E-state index in [1.807, 2.05) is 16.8 Å². The second-order valence-corrected chi connectivity index (χ2v) is 18.1. The fourth-order valence-electron chi connectivity index (χ4n) is 4.80. The van der Waals surface area contributed by atoms with Crippen LogP contribution in [0.5, 0.6) is 0 Å². The van der Waals surface area contributed by atoms with E-state index in [1.165, 1.54) is 0 Å². The van der Waals surface area contributed by atoms with E-state index in [0.29, 0.717) is 37.1 Å². The highest BCUT2D eigenvalue weighted by atomic mass is 28.4. The van der Waals surface area contributed by atoms with Gasteiger partial charge in [-0.25, -0.2) is 9.97 Å². The Labute approximate surface area is 245 Å². The minimum Gasteiger partial charge on any atom is -0.416 e. The number of hydrogen-bond donors (Lipinski definition) is 3. The lowest BCUT2D eigenvalue weighted by atomic mass is 9.83. The van der Waals surface area contributed by atoms with Crippen LogP contribution in [-0.4, -0.2) is 52.9 Å². The first kappa shape index (κ1) is 30.7. The number of anilines is 3. The van der Waals surface area contributed by atoms with E-state index < -0.39 is 8.32 Å². The zero-order valence-corrected chi connectivity index (χ0v) is 26.8. The average Bonchev–Trinajstić information content (AvgIpc) is 3.46. The largest absolute Gasteiger partial charge is 0.416 e. The molecule has 41 heavy (non-hydrogen) atoms. The van der Waals surface area contributed by atoms with Gasteiger partial charge in [-0.1, -0.05) is 41.5 Å². The zero-order chi connectivity index (χ0) is 30.0. The minimum atomic E-state index is -1.95. The highest BCUT2D eigenvalue weighted by Crippen LogP contribution is 2.44. The van der Waals surface area contributed by atoms with Gasteiger partial charge < -0.3 is 20.2 Å². The Balaban J connectivity index is 1.65. The van der Waals surface area contributed by atoms with Crippen molar-refractivity contribution in [2.75, 3.05) is 30.4 Å². The molecule has 0 radical (unpaired) electrons. The van der Waals surface area contributed by atoms with Crippen molar-refractivity contribution in [3.8, 4) is 17.3 Å². The molecule has 3 aromatic rings. The lowest BCUT2D eigenvalue weighted by Crippen LogP contribution is -2.45. The summed E-state index contributed by atoms with van der Waals surface area (Å²) in [4.78, 5) is 9.31. The number of benzene rings is 1. The molecule has 0 bridgehead atoms. The molecule has 1 aliphatic rings. The fourth-order valence-corrected chi connectivity index (χ4v) is 5.91. The van der Waals surface area contributed by atoms with Crippen molar-refractivity contribution in [3.05, 3.63) is 47.4 Å². The predicted molar refractivity (Wildman–Crippen MR) is 167 cm³/mol. The fraction of sp³-hybridized carbons (Fsp3) is 0.548. The molecule has 3 N–H and O–H groups in total. The smallest absolute Gasteiger partial charge is 0.227 e. The molecule has 3 heterocycles. The average molecular weight is 576 g/mol. The summed E-state index contributed by atoms with van der Waals surface area (Å²) in [6.45, 7) is 19.6. The number of nitrogens with one attached hydrogen (secondary N) is 2. The van der Waals surface area contributed by atoms with Crippen LogP contribution < -0.4 is 10.6 Å². The molecule has 1 atom stereocenters. The predicted octanol–water partition coefficient (Wildman–Crippen LogP) is 6.24. The number of nitrogens with zero attached hydrogens (tertiary/aromatic N) is 5. The zero-order valence-electron chi connectivity index (χ0n) is 25.8. The van der Waals surface area contributed by atoms with Crippen LogP contribution in [0, 0.1) is 17.2 Å². The monoisotopic (exact) mass is 575 g/mol. The van der Waals surface area contributed by atoms with E-state index in [1.54, 1.807) is 12.4 Å². The Hall–Kier alpha value is -3.26. The highest BCUT2D eigenvalue weighted by molar-refractivity contribution is 6.74. The van der Waals surface area contributed by atoms with Gasteiger partial charge in [-0.05, 0) is 60.7 Å². The molecule has 2 aromatic heterocycles. The van der Waals surface area contributed by atoms with Crippen LogP contribution in [0.1, 0.15) is 64.8 Å². The molecule has 9 nitrogen and oxygen atoms in total. The first-order valence-corrected chi connectivity index (χ1v) is 17.4. The maximum Gasteiger partial charge on any atom is 0.227 e. The van der Waals surface area contributed by atoms with Crippen LogP contribution in [0.4, 0.5) is 17.3 Å². The summed E-state index contributed by atoms with van der Waals surface area (Å²) in [5.74, 6) is 1.000. The molecule has 0 amide bonds. The second kappa shape index (κ2) is 11.9. The first-order valence-electron chi connectivity index (χ1n) is 14.5. The number of nitriles is 1. The van der Waals surface area contributed by atoms with E-state index in [9.17, 15) is 10.4 Å². The van der Waals surface area contributed by atoms with Crippen LogP contribution in [0.25, 0.3) is 11.3 Å². The third-order valence-corrected chi connectivity index (χ3v) is 13.0. The van der Waals surface area contributed by atoms with E-state index in [4.69, 9.17) is 9.41 Å². The quantitative estimate of drug-likeness (QED) is 0.230. The third-order valence-electron chi connectivity index (χ3n) is 8.54. The normalized spacial score (nSPS) is 16.9. The molecule has 1 aromatic carbocycles. The Morgan fingerprint density at radius 1 is 1.29 bits per heavy atom. The van der Waals surface area contributed by atoms with Crippen molar-refractivity contribution in [2.45, 2.75) is 84.5 Å². The summed E-state index contributed by atoms with van der Waals surface area (Å²) >= 11 is 0. The van der Waals surface area contributed by atoms with Crippen molar-refractivity contribution in [2.24, 2.45) is 5.92 Å². The molecule has 1 aliphatic heterocycles. The molecule has 0 fully saturated rings. The van der Waals surface area contributed by atoms with Gasteiger partial charge >= 0.3 is 0 Å². The van der Waals surface area contributed by atoms with Crippen molar-refractivity contribution in [1.29, 1.82) is 5.26 Å². The van der Waals surface area contributed by atoms with Crippen LogP contribution in [0.15, 0.2) is 30.6 Å². The SMILES string of the molecule is CC(C)CCc1c(Nc2nccc(-c3cc(C#N)c4c(c3)[C@@](C)(CO[Si](C)(C)C(C)(C)C)CN4)n2)cnn1CCO. The van der Waals surface area contributed by atoms with Crippen LogP contribution in [0.2, 0.25) is 18.1 Å². The van der Waals surface area contributed by atoms with Gasteiger partial charge in [0, 0.05) is 30.3 Å². The van der Waals surface area contributed by atoms with Crippen LogP contribution >= 0.6 is 0 Å². The van der Waals surface area contributed by atoms with E-state index >= 15 is 0 Å². The lowest BCUT2D eigenvalue weighted by molar-refractivity contribution is 0.220. The summed E-state index contributed by atoms with van der Waals surface area (Å²) in [5, 5.41) is 31.0. The molecule has 0 aliphatic carbocycles. The van der Waals surface area contributed by atoms with Crippen molar-refractivity contribution in [3.63, 3.8) is 0 Å². The third kappa shape index (κ3) is 6.64. The first-order chi connectivity index (χ1) is 19.3. The molecular formula is C31H45N7O2Si. The Morgan fingerprint density at radius 3 is 2.71 bits per heavy atom. The molecule has 0 spiro atoms. The van der Waals surface area contributed by atoms with Crippen molar-refractivity contribution >= 4 is 25.6 Å². The van der Waals surface area contributed by atoms with Crippen LogP contribution in [0.3, 0.4) is 0 Å². The van der Waals surface area contributed by atoms with Crippen molar-refractivity contribution in [1.82, 2.24) is 19.7 Å². The van der Waals surface area contributed by atoms with Crippen LogP contribution in [-0.2, 0) is 22.8 Å². The topological polar surface area (TPSA) is 121 Å². The van der Waals surface area contributed by atoms with Gasteiger partial charge in [-0.2, -0.15) is 10.4 Å². The Kier molecular flexibility index (Phi) is 8.92. The van der Waals surface area contributed by atoms with Gasteiger partial charge in [0.05, 0.1) is 47.7 Å². The number of fused-ring (bicyclic) bond motifs is 1. The molecular weight excluding hydrogens is 530 g/mol. The molecule has 0 saturated carbocycles. The second-order valence-electron chi connectivity index (χ2n) is 13.3. The number of aliphatic hydroxyl groups excluding tert-OH is 1. The van der Waals surface area contributed by atoms with Gasteiger partial charge in [-0.3, -0.25) is 4.68 Å². The summed E-state index contributed by atoms with van der Waals surface area (Å²) in [5.41, 5.74) is 5.75. The van der Waals surface area contributed by atoms with Gasteiger partial charge in [-0.15, -0.1) is 0 Å². The van der Waals surface area contributed by atoms with Gasteiger partial charge in [0.25, 0.3) is 0 Å². The summed E-state index contributed by atoms with van der Waals surface area (Å²) in [7, 11) is -1.95. The highest BCUT2D eigenvalue weighted by Gasteiger charge is 2.42. The molecule has 4 rings (SSSR count). The summed E-state index contributed by atoms with van der Waals surface area (Å²) < 4.78 is 8.51. The number of aliphatic hydroxyl groups is 1. The Morgan fingerprint density at radius 2 is 2.05 bits per heavy atom. The summed E-state index contributed by atoms with van der Waals surface area (Å²) in [6.07, 6.45) is 5.33.